The minimum absolute atomic E-state index is 0. The molecular weight excluding hydrogens is 147 g/mol. The molecule has 1 N–H and O–H groups in total. The van der Waals surface area contributed by atoms with Gasteiger partial charge in [0, 0.05) is 24.3 Å². The molecule has 0 saturated heterocycles. The van der Waals surface area contributed by atoms with E-state index in [0.717, 1.165) is 6.92 Å². The van der Waals surface area contributed by atoms with E-state index in [-0.39, 0.29) is 70.2 Å². The molecule has 0 aromatic heterocycles. The largest absolute Gasteiger partial charge is 1.00 e. The van der Waals surface area contributed by atoms with Gasteiger partial charge in [-0.15, -0.1) is 0 Å². The Bertz CT molecular complexity index is 38.7. The molecule has 0 saturated carbocycles. The Morgan fingerprint density at radius 3 is 1.83 bits per heavy atom. The van der Waals surface area contributed by atoms with E-state index in [1.807, 2.05) is 0 Å². The van der Waals surface area contributed by atoms with Crippen LogP contribution in [0, 0.1) is 0 Å². The van der Waals surface area contributed by atoms with Gasteiger partial charge in [-0.3, -0.25) is 4.79 Å². The monoisotopic (exact) mass is 152 g/mol. The van der Waals surface area contributed by atoms with Crippen molar-refractivity contribution < 1.29 is 80.1 Å². The van der Waals surface area contributed by atoms with Crippen LogP contribution in [0.2, 0.25) is 0 Å². The summed E-state index contributed by atoms with van der Waals surface area (Å²) in [5, 5.41) is 7.42. The summed E-state index contributed by atoms with van der Waals surface area (Å²) in [5.74, 6) is -0.833. The number of carboxylic acids is 1. The fourth-order valence-corrected chi connectivity index (χ4v) is 0. The number of carboxylic acid groups (broad SMARTS) is 1. The fourth-order valence-electron chi connectivity index (χ4n) is 0. The van der Waals surface area contributed by atoms with Gasteiger partial charge in [-0.1, -0.05) is 0 Å². The van der Waals surface area contributed by atoms with Gasteiger partial charge in [0.2, 0.25) is 0 Å². The molecule has 0 spiro atoms. The molecule has 0 fully saturated rings. The van der Waals surface area contributed by atoms with Gasteiger partial charge in [-0.05, 0) is 0 Å². The third-order valence-electron chi connectivity index (χ3n) is 0. The van der Waals surface area contributed by atoms with Crippen LogP contribution in [0.25, 0.3) is 0 Å². The standard InChI is InChI=1S/C2H4O2.Cr.K.H/c1-2(3)4;;;/h1H3,(H,3,4);;;/q;;+1;-1. The zero-order valence-electron chi connectivity index (χ0n) is 4.76. The van der Waals surface area contributed by atoms with E-state index in [1.54, 1.807) is 0 Å². The van der Waals surface area contributed by atoms with Crippen molar-refractivity contribution in [3.05, 3.63) is 0 Å². The molecule has 32 valence electrons. The third kappa shape index (κ3) is 45.2. The number of hydrogen-bond acceptors (Lipinski definition) is 1. The first-order chi connectivity index (χ1) is 1.73. The molecule has 0 bridgehead atoms. The molecule has 0 unspecified atom stereocenters. The molecule has 0 aliphatic heterocycles. The second kappa shape index (κ2) is 9.81. The van der Waals surface area contributed by atoms with Crippen LogP contribution in [0.4, 0.5) is 0 Å². The van der Waals surface area contributed by atoms with Gasteiger partial charge in [0.15, 0.2) is 0 Å². The summed E-state index contributed by atoms with van der Waals surface area (Å²) in [7, 11) is 0. The minimum Gasteiger partial charge on any atom is -1.00 e. The van der Waals surface area contributed by atoms with Crippen LogP contribution in [0.15, 0.2) is 0 Å². The van der Waals surface area contributed by atoms with Crippen molar-refractivity contribution >= 4 is 5.97 Å². The Morgan fingerprint density at radius 2 is 1.83 bits per heavy atom. The van der Waals surface area contributed by atoms with Gasteiger partial charge in [0.25, 0.3) is 5.97 Å². The van der Waals surface area contributed by atoms with Gasteiger partial charge in [0.05, 0.1) is 0 Å². The van der Waals surface area contributed by atoms with Gasteiger partial charge in [-0.2, -0.15) is 0 Å². The second-order valence-electron chi connectivity index (χ2n) is 0.519. The maximum absolute atomic E-state index is 9.00. The molecule has 0 aliphatic rings. The maximum Gasteiger partial charge on any atom is 1.00 e. The quantitative estimate of drug-likeness (QED) is 0.381. The van der Waals surface area contributed by atoms with E-state index in [1.165, 1.54) is 0 Å². The predicted octanol–water partition coefficient (Wildman–Crippen LogP) is -2.80. The average Bonchev–Trinajstić information content (AvgIpc) is 0.811. The third-order valence-corrected chi connectivity index (χ3v) is 0. The fraction of sp³-hybridized carbons (Fsp3) is 0.500. The number of aliphatic carboxylic acids is 1. The summed E-state index contributed by atoms with van der Waals surface area (Å²) in [6, 6.07) is 0. The van der Waals surface area contributed by atoms with Crippen LogP contribution in [-0.4, -0.2) is 11.1 Å². The van der Waals surface area contributed by atoms with E-state index in [4.69, 9.17) is 9.90 Å². The summed E-state index contributed by atoms with van der Waals surface area (Å²) >= 11 is 0. The SMILES string of the molecule is CC(=O)O.[Cr].[H-].[K+]. The van der Waals surface area contributed by atoms with Gasteiger partial charge in [-0.25, -0.2) is 0 Å². The Morgan fingerprint density at radius 1 is 1.83 bits per heavy atom. The number of rotatable bonds is 0. The molecule has 0 atom stereocenters. The van der Waals surface area contributed by atoms with E-state index < -0.39 is 5.97 Å². The molecule has 2 nitrogen and oxygen atoms in total. The van der Waals surface area contributed by atoms with Crippen LogP contribution in [0.5, 0.6) is 0 Å². The van der Waals surface area contributed by atoms with Gasteiger partial charge < -0.3 is 6.53 Å². The van der Waals surface area contributed by atoms with Gasteiger partial charge >= 0.3 is 51.4 Å². The van der Waals surface area contributed by atoms with E-state index in [2.05, 4.69) is 0 Å². The molecular formula is C2H5CrKO2. The van der Waals surface area contributed by atoms with Crippen LogP contribution in [0.1, 0.15) is 8.35 Å². The van der Waals surface area contributed by atoms with Crippen molar-refractivity contribution in [3.8, 4) is 0 Å². The first-order valence-electron chi connectivity index (χ1n) is 0.928. The first-order valence-corrected chi connectivity index (χ1v) is 0.928. The van der Waals surface area contributed by atoms with Crippen molar-refractivity contribution in [3.63, 3.8) is 0 Å². The summed E-state index contributed by atoms with van der Waals surface area (Å²) in [5.41, 5.74) is 0. The number of hydrogen-bond donors (Lipinski definition) is 1. The summed E-state index contributed by atoms with van der Waals surface area (Å²) in [6.45, 7) is 1.08. The Balaban J connectivity index is -0.0000000150. The van der Waals surface area contributed by atoms with Crippen molar-refractivity contribution in [1.82, 2.24) is 0 Å². The smallest absolute Gasteiger partial charge is 1.00 e. The molecule has 6 heavy (non-hydrogen) atoms. The average molecular weight is 152 g/mol. The number of carbonyl (C=O) groups is 1. The van der Waals surface area contributed by atoms with Crippen LogP contribution in [0.3, 0.4) is 0 Å². The van der Waals surface area contributed by atoms with Crippen molar-refractivity contribution in [2.45, 2.75) is 6.92 Å². The van der Waals surface area contributed by atoms with E-state index in [9.17, 15) is 0 Å². The molecule has 0 amide bonds. The zero-order chi connectivity index (χ0) is 3.58. The summed E-state index contributed by atoms with van der Waals surface area (Å²) < 4.78 is 0. The molecule has 0 aliphatic carbocycles. The molecule has 0 aromatic carbocycles. The van der Waals surface area contributed by atoms with Crippen molar-refractivity contribution in [2.24, 2.45) is 0 Å². The van der Waals surface area contributed by atoms with E-state index >= 15 is 0 Å². The van der Waals surface area contributed by atoms with E-state index in [0.29, 0.717) is 0 Å². The van der Waals surface area contributed by atoms with Crippen molar-refractivity contribution in [1.29, 1.82) is 0 Å². The Labute approximate surface area is 91.3 Å². The topological polar surface area (TPSA) is 37.3 Å². The summed E-state index contributed by atoms with van der Waals surface area (Å²) in [4.78, 5) is 9.00. The normalized spacial score (nSPS) is 4.17. The predicted molar refractivity (Wildman–Crippen MR) is 14.4 cm³/mol. The zero-order valence-corrected chi connectivity index (χ0v) is 8.16. The van der Waals surface area contributed by atoms with Crippen LogP contribution < -0.4 is 51.4 Å². The molecule has 0 rings (SSSR count). The summed E-state index contributed by atoms with van der Waals surface area (Å²) in [6.07, 6.45) is 0. The molecule has 0 heterocycles. The minimum atomic E-state index is -0.833. The Hall–Kier alpha value is 1.64. The van der Waals surface area contributed by atoms with Gasteiger partial charge in [0.1, 0.15) is 0 Å². The first kappa shape index (κ1) is 15.6. The van der Waals surface area contributed by atoms with Crippen LogP contribution in [-0.2, 0) is 22.2 Å². The second-order valence-corrected chi connectivity index (χ2v) is 0.519. The molecule has 0 aromatic rings. The molecule has 0 radical (unpaired) electrons. The van der Waals surface area contributed by atoms with Crippen molar-refractivity contribution in [2.75, 3.05) is 0 Å². The molecule has 4 heteroatoms. The Kier molecular flexibility index (Phi) is 25.6. The van der Waals surface area contributed by atoms with Crippen LogP contribution >= 0.6 is 0 Å². The maximum atomic E-state index is 9.00.